The molecule has 1 N–H and O–H groups in total. The van der Waals surface area contributed by atoms with Gasteiger partial charge in [-0.2, -0.15) is 0 Å². The molecule has 4 nitrogen and oxygen atoms in total. The van der Waals surface area contributed by atoms with Gasteiger partial charge in [-0.25, -0.2) is 4.79 Å². The zero-order valence-electron chi connectivity index (χ0n) is 17.1. The van der Waals surface area contributed by atoms with E-state index in [9.17, 15) is 4.79 Å². The van der Waals surface area contributed by atoms with E-state index in [1.165, 1.54) is 24.8 Å². The van der Waals surface area contributed by atoms with Crippen LogP contribution in [-0.4, -0.2) is 31.5 Å². The molecule has 1 amide bonds. The average Bonchev–Trinajstić information content (AvgIpc) is 2.61. The van der Waals surface area contributed by atoms with Crippen LogP contribution in [0.25, 0.3) is 0 Å². The Labute approximate surface area is 159 Å². The highest BCUT2D eigenvalue weighted by Crippen LogP contribution is 2.53. The predicted molar refractivity (Wildman–Crippen MR) is 104 cm³/mol. The lowest BCUT2D eigenvalue weighted by molar-refractivity contribution is -0.164. The molecule has 4 heteroatoms. The summed E-state index contributed by atoms with van der Waals surface area (Å²) in [5.74, 6) is 1.28. The summed E-state index contributed by atoms with van der Waals surface area (Å²) >= 11 is 0. The van der Waals surface area contributed by atoms with Crippen LogP contribution in [0.1, 0.15) is 72.6 Å². The number of ether oxygens (including phenoxy) is 2. The maximum absolute atomic E-state index is 12.4. The highest BCUT2D eigenvalue weighted by molar-refractivity contribution is 5.67. The van der Waals surface area contributed by atoms with E-state index in [-0.39, 0.29) is 11.5 Å². The number of alkyl carbamates (subject to hydrolysis) is 1. The van der Waals surface area contributed by atoms with Gasteiger partial charge in [-0.1, -0.05) is 58.1 Å². The van der Waals surface area contributed by atoms with E-state index in [0.717, 1.165) is 25.7 Å². The fourth-order valence-electron chi connectivity index (χ4n) is 5.59. The zero-order valence-corrected chi connectivity index (χ0v) is 17.1. The molecule has 0 spiro atoms. The number of rotatable bonds is 5. The van der Waals surface area contributed by atoms with E-state index in [2.05, 4.69) is 39.1 Å². The molecule has 1 saturated heterocycles. The molecule has 3 rings (SSSR count). The van der Waals surface area contributed by atoms with Crippen LogP contribution in [-0.2, 0) is 9.47 Å². The lowest BCUT2D eigenvalue weighted by Crippen LogP contribution is -2.57. The first-order valence-corrected chi connectivity index (χ1v) is 10.7. The van der Waals surface area contributed by atoms with Crippen molar-refractivity contribution in [2.45, 2.75) is 84.8 Å². The van der Waals surface area contributed by atoms with E-state index in [0.29, 0.717) is 43.1 Å². The van der Waals surface area contributed by atoms with Crippen LogP contribution in [0.5, 0.6) is 0 Å². The lowest BCUT2D eigenvalue weighted by atomic mass is 9.56. The Hall–Kier alpha value is -1.03. The third kappa shape index (κ3) is 3.81. The quantitative estimate of drug-likeness (QED) is 0.693. The van der Waals surface area contributed by atoms with Gasteiger partial charge in [0.25, 0.3) is 0 Å². The first kappa shape index (κ1) is 19.7. The molecule has 2 fully saturated rings. The van der Waals surface area contributed by atoms with E-state index < -0.39 is 0 Å². The number of nitrogens with one attached hydrogen (secondary N) is 1. The van der Waals surface area contributed by atoms with Crippen LogP contribution >= 0.6 is 0 Å². The van der Waals surface area contributed by atoms with Gasteiger partial charge >= 0.3 is 6.09 Å². The molecule has 5 atom stereocenters. The minimum Gasteiger partial charge on any atom is -0.449 e. The van der Waals surface area contributed by atoms with E-state index >= 15 is 0 Å². The monoisotopic (exact) mass is 363 g/mol. The van der Waals surface area contributed by atoms with E-state index in [1.807, 2.05) is 0 Å². The largest absolute Gasteiger partial charge is 0.449 e. The van der Waals surface area contributed by atoms with E-state index in [1.54, 1.807) is 0 Å². The summed E-state index contributed by atoms with van der Waals surface area (Å²) in [4.78, 5) is 12.4. The van der Waals surface area contributed by atoms with Gasteiger partial charge in [0.15, 0.2) is 0 Å². The number of carbonyl (C=O) groups is 1. The predicted octanol–water partition coefficient (Wildman–Crippen LogP) is 5.08. The number of amides is 1. The molecule has 1 saturated carbocycles. The maximum Gasteiger partial charge on any atom is 0.407 e. The summed E-state index contributed by atoms with van der Waals surface area (Å²) in [5.41, 5.74) is 1.35. The Bertz CT molecular complexity index is 525. The molecule has 0 aromatic heterocycles. The van der Waals surface area contributed by atoms with Gasteiger partial charge in [-0.05, 0) is 38.0 Å². The average molecular weight is 364 g/mol. The standard InChI is InChI=1S/C22H37NO3/c1-5-9-19-20-15(2)12-16(3)22(13-25-19,17(20)4)14-26-21(24)23-18-10-7-6-8-11-18/h12,16-20H,5-11,13-14H2,1-4H3,(H,23,24)/t16?,17-,19?,20?,22-/m1/s1. The van der Waals surface area contributed by atoms with Gasteiger partial charge in [0, 0.05) is 17.4 Å². The molecular weight excluding hydrogens is 326 g/mol. The molecule has 26 heavy (non-hydrogen) atoms. The molecule has 1 aliphatic heterocycles. The fourth-order valence-corrected chi connectivity index (χ4v) is 5.59. The van der Waals surface area contributed by atoms with Gasteiger partial charge in [0.1, 0.15) is 6.61 Å². The van der Waals surface area contributed by atoms with Crippen LogP contribution in [0.2, 0.25) is 0 Å². The fraction of sp³-hybridized carbons (Fsp3) is 0.864. The highest BCUT2D eigenvalue weighted by Gasteiger charge is 2.53. The number of hydrogen-bond acceptors (Lipinski definition) is 3. The molecule has 1 heterocycles. The molecule has 2 aliphatic carbocycles. The third-order valence-corrected chi connectivity index (χ3v) is 7.33. The van der Waals surface area contributed by atoms with E-state index in [4.69, 9.17) is 9.47 Å². The van der Waals surface area contributed by atoms with Crippen molar-refractivity contribution in [1.29, 1.82) is 0 Å². The molecule has 0 aromatic carbocycles. The van der Waals surface area contributed by atoms with Crippen LogP contribution in [0.15, 0.2) is 11.6 Å². The molecule has 0 radical (unpaired) electrons. The molecule has 3 unspecified atom stereocenters. The molecule has 148 valence electrons. The SMILES string of the molecule is CCCC1OC[C@@]2(COC(=O)NC3CCCCC3)C(C)C=C(C)C1[C@H]2C. The first-order chi connectivity index (χ1) is 12.5. The summed E-state index contributed by atoms with van der Waals surface area (Å²) in [5, 5.41) is 3.08. The minimum absolute atomic E-state index is 0.0989. The molecular formula is C22H37NO3. The number of fused-ring (bicyclic) bond motifs is 2. The van der Waals surface area contributed by atoms with Gasteiger partial charge in [-0.3, -0.25) is 0 Å². The summed E-state index contributed by atoms with van der Waals surface area (Å²) in [6.07, 6.45) is 10.6. The van der Waals surface area contributed by atoms with Crippen molar-refractivity contribution in [2.75, 3.05) is 13.2 Å². The topological polar surface area (TPSA) is 47.6 Å². The third-order valence-electron chi connectivity index (χ3n) is 7.33. The van der Waals surface area contributed by atoms with Crippen molar-refractivity contribution in [3.63, 3.8) is 0 Å². The zero-order chi connectivity index (χ0) is 18.7. The Morgan fingerprint density at radius 2 is 2.04 bits per heavy atom. The second-order valence-electron chi connectivity index (χ2n) is 8.94. The van der Waals surface area contributed by atoms with Crippen molar-refractivity contribution < 1.29 is 14.3 Å². The Kier molecular flexibility index (Phi) is 6.32. The normalized spacial score (nSPS) is 37.8. The minimum atomic E-state index is -0.246. The summed E-state index contributed by atoms with van der Waals surface area (Å²) in [7, 11) is 0. The molecule has 2 bridgehead atoms. The van der Waals surface area contributed by atoms with Crippen LogP contribution in [0.3, 0.4) is 0 Å². The summed E-state index contributed by atoms with van der Waals surface area (Å²) < 4.78 is 12.1. The van der Waals surface area contributed by atoms with Crippen molar-refractivity contribution in [1.82, 2.24) is 5.32 Å². The molecule has 3 aliphatic rings. The Balaban J connectivity index is 1.65. The van der Waals surface area contributed by atoms with Gasteiger partial charge in [-0.15, -0.1) is 0 Å². The summed E-state index contributed by atoms with van der Waals surface area (Å²) in [6, 6.07) is 0.293. The number of carbonyl (C=O) groups excluding carboxylic acids is 1. The second-order valence-corrected chi connectivity index (χ2v) is 8.94. The smallest absolute Gasteiger partial charge is 0.407 e. The second kappa shape index (κ2) is 8.33. The first-order valence-electron chi connectivity index (χ1n) is 10.7. The lowest BCUT2D eigenvalue weighted by Gasteiger charge is -2.55. The summed E-state index contributed by atoms with van der Waals surface area (Å²) in [6.45, 7) is 10.2. The number of allylic oxidation sites excluding steroid dienone is 1. The van der Waals surface area contributed by atoms with Gasteiger partial charge < -0.3 is 14.8 Å². The van der Waals surface area contributed by atoms with Crippen LogP contribution in [0, 0.1) is 23.2 Å². The van der Waals surface area contributed by atoms with Crippen LogP contribution < -0.4 is 5.32 Å². The molecule has 0 aromatic rings. The van der Waals surface area contributed by atoms with Crippen LogP contribution in [0.4, 0.5) is 4.79 Å². The Morgan fingerprint density at radius 3 is 2.73 bits per heavy atom. The van der Waals surface area contributed by atoms with Crippen molar-refractivity contribution >= 4 is 6.09 Å². The maximum atomic E-state index is 12.4. The van der Waals surface area contributed by atoms with Gasteiger partial charge in [0.05, 0.1) is 12.7 Å². The number of hydrogen-bond donors (Lipinski definition) is 1. The van der Waals surface area contributed by atoms with Crippen molar-refractivity contribution in [3.8, 4) is 0 Å². The van der Waals surface area contributed by atoms with Gasteiger partial charge in [0.2, 0.25) is 0 Å². The van der Waals surface area contributed by atoms with Crippen molar-refractivity contribution in [3.05, 3.63) is 11.6 Å². The highest BCUT2D eigenvalue weighted by atomic mass is 16.6. The Morgan fingerprint density at radius 1 is 1.31 bits per heavy atom. The van der Waals surface area contributed by atoms with Crippen molar-refractivity contribution in [2.24, 2.45) is 23.2 Å².